The van der Waals surface area contributed by atoms with Crippen LogP contribution in [-0.4, -0.2) is 14.3 Å². The van der Waals surface area contributed by atoms with Crippen LogP contribution in [0.2, 0.25) is 0 Å². The Morgan fingerprint density at radius 3 is 2.86 bits per heavy atom. The Hall–Kier alpha value is -1.01. The second kappa shape index (κ2) is 4.02. The first-order valence-electron chi connectivity index (χ1n) is 4.19. The van der Waals surface area contributed by atoms with E-state index in [0.717, 1.165) is 23.2 Å². The summed E-state index contributed by atoms with van der Waals surface area (Å²) in [5.74, 6) is 0.818. The fourth-order valence-electron chi connectivity index (χ4n) is 1.02. The first-order valence-corrected chi connectivity index (χ1v) is 5.84. The fraction of sp³-hybridized carbons (Fsp3) is 0.375. The molecule has 0 bridgehead atoms. The van der Waals surface area contributed by atoms with E-state index in [0.29, 0.717) is 0 Å². The molecule has 0 unspecified atom stereocenters. The largest absolute Gasteiger partial charge is 0.355 e. The molecule has 0 spiro atoms. The Bertz CT molecular complexity index is 420. The summed E-state index contributed by atoms with van der Waals surface area (Å²) in [7, 11) is 0. The number of aryl methyl sites for hydroxylation is 2. The van der Waals surface area contributed by atoms with Crippen LogP contribution in [0, 0.1) is 13.8 Å². The number of hydrogen-bond acceptors (Lipinski definition) is 6. The summed E-state index contributed by atoms with van der Waals surface area (Å²) in [4.78, 5) is 9.65. The van der Waals surface area contributed by atoms with Crippen LogP contribution in [0.5, 0.6) is 0 Å². The summed E-state index contributed by atoms with van der Waals surface area (Å²) in [5, 5.41) is 4.09. The van der Waals surface area contributed by atoms with Gasteiger partial charge >= 0.3 is 0 Å². The summed E-state index contributed by atoms with van der Waals surface area (Å²) in [6.45, 7) is 4.68. The zero-order chi connectivity index (χ0) is 9.97. The van der Waals surface area contributed by atoms with Crippen LogP contribution in [0.4, 0.5) is 5.13 Å². The molecule has 0 amide bonds. The van der Waals surface area contributed by atoms with E-state index in [4.69, 9.17) is 0 Å². The lowest BCUT2D eigenvalue weighted by molar-refractivity contribution is 1.09. The Kier molecular flexibility index (Phi) is 2.74. The number of nitrogens with zero attached hydrogens (tertiary/aromatic N) is 3. The summed E-state index contributed by atoms with van der Waals surface area (Å²) >= 11 is 3.05. The van der Waals surface area contributed by atoms with Crippen molar-refractivity contribution in [2.45, 2.75) is 20.4 Å². The standard InChI is InChI=1S/C8H10N4S2/c1-5-7(13-4-10-5)3-9-8-11-6(2)12-14-8/h4H,3H2,1-2H3,(H,9,11,12). The molecule has 0 saturated heterocycles. The van der Waals surface area contributed by atoms with Crippen LogP contribution < -0.4 is 5.32 Å². The molecule has 0 fully saturated rings. The molecule has 1 N–H and O–H groups in total. The van der Waals surface area contributed by atoms with Gasteiger partial charge in [0.1, 0.15) is 5.82 Å². The SMILES string of the molecule is Cc1nsc(NCc2scnc2C)n1. The molecule has 2 aromatic heterocycles. The Balaban J connectivity index is 1.98. The van der Waals surface area contributed by atoms with Gasteiger partial charge in [-0.3, -0.25) is 0 Å². The summed E-state index contributed by atoms with van der Waals surface area (Å²) in [6.07, 6.45) is 0. The molecule has 0 saturated carbocycles. The number of aromatic nitrogens is 3. The third-order valence-electron chi connectivity index (χ3n) is 1.77. The highest BCUT2D eigenvalue weighted by Crippen LogP contribution is 2.16. The van der Waals surface area contributed by atoms with Gasteiger partial charge in [-0.1, -0.05) is 0 Å². The predicted octanol–water partition coefficient (Wildman–Crippen LogP) is 2.22. The van der Waals surface area contributed by atoms with Gasteiger partial charge in [0, 0.05) is 16.4 Å². The summed E-state index contributed by atoms with van der Waals surface area (Å²) in [6, 6.07) is 0. The second-order valence-electron chi connectivity index (χ2n) is 2.86. The molecule has 0 radical (unpaired) electrons. The van der Waals surface area contributed by atoms with Gasteiger partial charge in [0.2, 0.25) is 5.13 Å². The molecule has 0 aliphatic heterocycles. The van der Waals surface area contributed by atoms with Crippen molar-refractivity contribution in [3.8, 4) is 0 Å². The van der Waals surface area contributed by atoms with E-state index in [2.05, 4.69) is 19.7 Å². The highest BCUT2D eigenvalue weighted by atomic mass is 32.1. The second-order valence-corrected chi connectivity index (χ2v) is 4.55. The van der Waals surface area contributed by atoms with Crippen molar-refractivity contribution >= 4 is 28.0 Å². The number of rotatable bonds is 3. The van der Waals surface area contributed by atoms with Gasteiger partial charge in [0.05, 0.1) is 17.7 Å². The van der Waals surface area contributed by atoms with Crippen LogP contribution in [0.25, 0.3) is 0 Å². The zero-order valence-corrected chi connectivity index (χ0v) is 9.58. The maximum Gasteiger partial charge on any atom is 0.202 e. The molecular formula is C8H10N4S2. The molecule has 0 aliphatic carbocycles. The van der Waals surface area contributed by atoms with Gasteiger partial charge in [-0.05, 0) is 13.8 Å². The lowest BCUT2D eigenvalue weighted by Crippen LogP contribution is -1.98. The minimum atomic E-state index is 0.783. The molecular weight excluding hydrogens is 216 g/mol. The number of anilines is 1. The van der Waals surface area contributed by atoms with Crippen molar-refractivity contribution in [3.63, 3.8) is 0 Å². The minimum absolute atomic E-state index is 0.783. The third kappa shape index (κ3) is 2.08. The highest BCUT2D eigenvalue weighted by Gasteiger charge is 2.03. The molecule has 0 aromatic carbocycles. The van der Waals surface area contributed by atoms with E-state index in [-0.39, 0.29) is 0 Å². The Labute approximate surface area is 90.2 Å². The first kappa shape index (κ1) is 9.54. The third-order valence-corrected chi connectivity index (χ3v) is 3.47. The number of thiazole rings is 1. The van der Waals surface area contributed by atoms with E-state index in [1.54, 1.807) is 11.3 Å². The van der Waals surface area contributed by atoms with Crippen LogP contribution in [0.1, 0.15) is 16.4 Å². The molecule has 4 nitrogen and oxygen atoms in total. The smallest absolute Gasteiger partial charge is 0.202 e. The first-order chi connectivity index (χ1) is 6.75. The minimum Gasteiger partial charge on any atom is -0.355 e. The maximum atomic E-state index is 4.22. The van der Waals surface area contributed by atoms with Crippen LogP contribution >= 0.6 is 22.9 Å². The van der Waals surface area contributed by atoms with Crippen molar-refractivity contribution in [1.29, 1.82) is 0 Å². The molecule has 0 atom stereocenters. The van der Waals surface area contributed by atoms with Gasteiger partial charge in [0.15, 0.2) is 0 Å². The Morgan fingerprint density at radius 1 is 1.43 bits per heavy atom. The quantitative estimate of drug-likeness (QED) is 0.872. The van der Waals surface area contributed by atoms with E-state index in [1.165, 1.54) is 16.4 Å². The van der Waals surface area contributed by atoms with E-state index >= 15 is 0 Å². The molecule has 2 aromatic rings. The number of nitrogens with one attached hydrogen (secondary N) is 1. The van der Waals surface area contributed by atoms with E-state index < -0.39 is 0 Å². The highest BCUT2D eigenvalue weighted by molar-refractivity contribution is 7.10. The van der Waals surface area contributed by atoms with Crippen molar-refractivity contribution in [1.82, 2.24) is 14.3 Å². The van der Waals surface area contributed by atoms with Crippen molar-refractivity contribution in [2.24, 2.45) is 0 Å². The summed E-state index contributed by atoms with van der Waals surface area (Å²) < 4.78 is 4.09. The van der Waals surface area contributed by atoms with Crippen molar-refractivity contribution < 1.29 is 0 Å². The lowest BCUT2D eigenvalue weighted by Gasteiger charge is -1.98. The van der Waals surface area contributed by atoms with Gasteiger partial charge in [-0.2, -0.15) is 4.37 Å². The van der Waals surface area contributed by atoms with Gasteiger partial charge in [-0.15, -0.1) is 11.3 Å². The predicted molar refractivity (Wildman–Crippen MR) is 58.8 cm³/mol. The molecule has 2 heterocycles. The Morgan fingerprint density at radius 2 is 2.29 bits per heavy atom. The van der Waals surface area contributed by atoms with Crippen molar-refractivity contribution in [2.75, 3.05) is 5.32 Å². The van der Waals surface area contributed by atoms with Crippen LogP contribution in [0.15, 0.2) is 5.51 Å². The maximum absolute atomic E-state index is 4.22. The van der Waals surface area contributed by atoms with Gasteiger partial charge < -0.3 is 5.32 Å². The van der Waals surface area contributed by atoms with E-state index in [1.807, 2.05) is 19.4 Å². The number of hydrogen-bond donors (Lipinski definition) is 1. The van der Waals surface area contributed by atoms with Gasteiger partial charge in [0.25, 0.3) is 0 Å². The molecule has 2 rings (SSSR count). The van der Waals surface area contributed by atoms with E-state index in [9.17, 15) is 0 Å². The topological polar surface area (TPSA) is 50.7 Å². The van der Waals surface area contributed by atoms with Gasteiger partial charge in [-0.25, -0.2) is 9.97 Å². The zero-order valence-electron chi connectivity index (χ0n) is 7.94. The summed E-state index contributed by atoms with van der Waals surface area (Å²) in [5.41, 5.74) is 2.95. The van der Waals surface area contributed by atoms with Crippen LogP contribution in [-0.2, 0) is 6.54 Å². The van der Waals surface area contributed by atoms with Crippen molar-refractivity contribution in [3.05, 3.63) is 21.9 Å². The van der Waals surface area contributed by atoms with Crippen LogP contribution in [0.3, 0.4) is 0 Å². The normalized spacial score (nSPS) is 10.4. The molecule has 0 aliphatic rings. The average molecular weight is 226 g/mol. The molecule has 74 valence electrons. The average Bonchev–Trinajstić information content (AvgIpc) is 2.72. The lowest BCUT2D eigenvalue weighted by atomic mass is 10.4. The molecule has 14 heavy (non-hydrogen) atoms. The fourth-order valence-corrected chi connectivity index (χ4v) is 2.31. The monoisotopic (exact) mass is 226 g/mol. The molecule has 6 heteroatoms.